The zero-order valence-corrected chi connectivity index (χ0v) is 19.6. The highest BCUT2D eigenvalue weighted by atomic mass is 16.5. The SMILES string of the molecule is COC(=O)[C@@]12CCCCC3=C1N(CCC3)C(=O)[C@H]2CC(=O)N1CCN(C(=O)c2ccco2)CC1. The summed E-state index contributed by atoms with van der Waals surface area (Å²) in [7, 11) is 1.37. The maximum Gasteiger partial charge on any atom is 0.318 e. The van der Waals surface area contributed by atoms with Crippen LogP contribution in [0.25, 0.3) is 0 Å². The Hall–Kier alpha value is -3.10. The van der Waals surface area contributed by atoms with Crippen LogP contribution in [0.15, 0.2) is 34.1 Å². The molecule has 0 aromatic carbocycles. The van der Waals surface area contributed by atoms with E-state index in [1.165, 1.54) is 18.9 Å². The molecule has 0 saturated carbocycles. The molecular formula is C25H31N3O6. The molecule has 5 rings (SSSR count). The molecule has 4 aliphatic rings. The van der Waals surface area contributed by atoms with Crippen molar-refractivity contribution in [2.45, 2.75) is 44.9 Å². The van der Waals surface area contributed by atoms with Crippen molar-refractivity contribution in [2.75, 3.05) is 39.8 Å². The Kier molecular flexibility index (Phi) is 5.95. The lowest BCUT2D eigenvalue weighted by molar-refractivity contribution is -0.156. The highest BCUT2D eigenvalue weighted by Crippen LogP contribution is 2.56. The second kappa shape index (κ2) is 8.92. The number of hydrogen-bond acceptors (Lipinski definition) is 6. The molecule has 1 aromatic heterocycles. The fraction of sp³-hybridized carbons (Fsp3) is 0.600. The van der Waals surface area contributed by atoms with Crippen molar-refractivity contribution in [2.24, 2.45) is 11.3 Å². The molecule has 0 N–H and O–H groups in total. The highest BCUT2D eigenvalue weighted by molar-refractivity contribution is 5.99. The van der Waals surface area contributed by atoms with E-state index in [0.717, 1.165) is 37.8 Å². The molecule has 0 radical (unpaired) electrons. The van der Waals surface area contributed by atoms with Gasteiger partial charge in [-0.15, -0.1) is 0 Å². The number of methoxy groups -OCH3 is 1. The number of hydrogen-bond donors (Lipinski definition) is 0. The molecule has 2 saturated heterocycles. The minimum Gasteiger partial charge on any atom is -0.468 e. The zero-order chi connectivity index (χ0) is 23.9. The Labute approximate surface area is 198 Å². The summed E-state index contributed by atoms with van der Waals surface area (Å²) in [6.45, 7) is 2.15. The summed E-state index contributed by atoms with van der Waals surface area (Å²) in [6, 6.07) is 3.30. The number of nitrogens with zero attached hydrogens (tertiary/aromatic N) is 3. The van der Waals surface area contributed by atoms with Crippen LogP contribution in [-0.4, -0.2) is 78.2 Å². The number of esters is 1. The van der Waals surface area contributed by atoms with Gasteiger partial charge in [0, 0.05) is 44.8 Å². The lowest BCUT2D eigenvalue weighted by atomic mass is 9.70. The first kappa shape index (κ1) is 22.7. The number of carbonyl (C=O) groups excluding carboxylic acids is 4. The van der Waals surface area contributed by atoms with Crippen molar-refractivity contribution in [1.82, 2.24) is 14.7 Å². The first-order valence-corrected chi connectivity index (χ1v) is 12.2. The highest BCUT2D eigenvalue weighted by Gasteiger charge is 2.63. The second-order valence-electron chi connectivity index (χ2n) is 9.62. The van der Waals surface area contributed by atoms with Crippen LogP contribution in [0.4, 0.5) is 0 Å². The molecule has 1 aliphatic carbocycles. The van der Waals surface area contributed by atoms with Gasteiger partial charge in [0.2, 0.25) is 11.8 Å². The number of allylic oxidation sites excluding steroid dienone is 1. The van der Waals surface area contributed by atoms with E-state index in [1.807, 2.05) is 0 Å². The van der Waals surface area contributed by atoms with Gasteiger partial charge >= 0.3 is 5.97 Å². The standard InChI is InChI=1S/C25H31N3O6/c1-33-24(32)25-9-3-2-6-17-7-4-10-28(21(17)25)22(30)18(25)16-20(29)26-11-13-27(14-12-26)23(31)19-8-5-15-34-19/h5,8,15,18H,2-4,6-7,9-14,16H2,1H3/t18-,25-/m1/s1. The first-order valence-electron chi connectivity index (χ1n) is 12.2. The molecule has 2 fully saturated rings. The van der Waals surface area contributed by atoms with Gasteiger partial charge in [0.1, 0.15) is 5.41 Å². The topological polar surface area (TPSA) is 100 Å². The number of carbonyl (C=O) groups is 4. The second-order valence-corrected chi connectivity index (χ2v) is 9.62. The fourth-order valence-corrected chi connectivity index (χ4v) is 6.29. The molecule has 0 unspecified atom stereocenters. The molecule has 3 amide bonds. The van der Waals surface area contributed by atoms with Crippen LogP contribution in [0.2, 0.25) is 0 Å². The van der Waals surface area contributed by atoms with Gasteiger partial charge < -0.3 is 23.9 Å². The van der Waals surface area contributed by atoms with E-state index in [0.29, 0.717) is 39.1 Å². The van der Waals surface area contributed by atoms with Crippen LogP contribution in [0.5, 0.6) is 0 Å². The summed E-state index contributed by atoms with van der Waals surface area (Å²) < 4.78 is 10.5. The molecule has 9 heteroatoms. The van der Waals surface area contributed by atoms with E-state index >= 15 is 0 Å². The lowest BCUT2D eigenvalue weighted by Crippen LogP contribution is -2.51. The van der Waals surface area contributed by atoms with Gasteiger partial charge in [-0.2, -0.15) is 0 Å². The molecule has 9 nitrogen and oxygen atoms in total. The predicted octanol–water partition coefficient (Wildman–Crippen LogP) is 2.19. The van der Waals surface area contributed by atoms with Crippen molar-refractivity contribution in [3.8, 4) is 0 Å². The average molecular weight is 470 g/mol. The van der Waals surface area contributed by atoms with E-state index in [9.17, 15) is 19.2 Å². The third kappa shape index (κ3) is 3.52. The minimum absolute atomic E-state index is 0.0205. The predicted molar refractivity (Wildman–Crippen MR) is 120 cm³/mol. The number of furan rings is 1. The number of rotatable bonds is 4. The third-order valence-electron chi connectivity index (χ3n) is 7.93. The van der Waals surface area contributed by atoms with Gasteiger partial charge in [0.25, 0.3) is 5.91 Å². The Bertz CT molecular complexity index is 1020. The Morgan fingerprint density at radius 1 is 1.06 bits per heavy atom. The molecule has 1 aromatic rings. The zero-order valence-electron chi connectivity index (χ0n) is 19.6. The summed E-state index contributed by atoms with van der Waals surface area (Å²) in [5.41, 5.74) is 0.951. The molecule has 182 valence electrons. The van der Waals surface area contributed by atoms with Crippen molar-refractivity contribution < 1.29 is 28.3 Å². The summed E-state index contributed by atoms with van der Waals surface area (Å²) in [5.74, 6) is -1.33. The fourth-order valence-electron chi connectivity index (χ4n) is 6.29. The normalized spacial score (nSPS) is 26.9. The van der Waals surface area contributed by atoms with Crippen molar-refractivity contribution in [3.63, 3.8) is 0 Å². The Balaban J connectivity index is 1.35. The monoisotopic (exact) mass is 469 g/mol. The quantitative estimate of drug-likeness (QED) is 0.627. The van der Waals surface area contributed by atoms with Gasteiger partial charge in [-0.1, -0.05) is 6.42 Å². The molecule has 0 bridgehead atoms. The summed E-state index contributed by atoms with van der Waals surface area (Å²) in [5, 5.41) is 0. The first-order chi connectivity index (χ1) is 16.5. The lowest BCUT2D eigenvalue weighted by Gasteiger charge is -2.37. The maximum absolute atomic E-state index is 13.6. The smallest absolute Gasteiger partial charge is 0.318 e. The molecule has 2 atom stereocenters. The van der Waals surface area contributed by atoms with Gasteiger partial charge in [0.05, 0.1) is 19.3 Å². The van der Waals surface area contributed by atoms with E-state index in [4.69, 9.17) is 9.15 Å². The van der Waals surface area contributed by atoms with Crippen LogP contribution in [-0.2, 0) is 19.1 Å². The van der Waals surface area contributed by atoms with Crippen LogP contribution >= 0.6 is 0 Å². The molecule has 4 heterocycles. The number of amides is 3. The van der Waals surface area contributed by atoms with Crippen LogP contribution < -0.4 is 0 Å². The summed E-state index contributed by atoms with van der Waals surface area (Å²) in [4.78, 5) is 57.9. The Morgan fingerprint density at radius 2 is 1.79 bits per heavy atom. The van der Waals surface area contributed by atoms with E-state index in [1.54, 1.807) is 26.8 Å². The maximum atomic E-state index is 13.6. The van der Waals surface area contributed by atoms with Gasteiger partial charge in [-0.05, 0) is 49.8 Å². The molecule has 34 heavy (non-hydrogen) atoms. The van der Waals surface area contributed by atoms with Crippen molar-refractivity contribution in [1.29, 1.82) is 0 Å². The van der Waals surface area contributed by atoms with E-state index in [2.05, 4.69) is 0 Å². The third-order valence-corrected chi connectivity index (χ3v) is 7.93. The van der Waals surface area contributed by atoms with Gasteiger partial charge in [0.15, 0.2) is 5.76 Å². The Morgan fingerprint density at radius 3 is 2.50 bits per heavy atom. The largest absolute Gasteiger partial charge is 0.468 e. The summed E-state index contributed by atoms with van der Waals surface area (Å²) >= 11 is 0. The summed E-state index contributed by atoms with van der Waals surface area (Å²) in [6.07, 6.45) is 6.44. The average Bonchev–Trinajstić information content (AvgIpc) is 3.42. The molecule has 3 aliphatic heterocycles. The van der Waals surface area contributed by atoms with Crippen LogP contribution in [0.1, 0.15) is 55.5 Å². The van der Waals surface area contributed by atoms with E-state index in [-0.39, 0.29) is 29.9 Å². The van der Waals surface area contributed by atoms with Crippen LogP contribution in [0, 0.1) is 11.3 Å². The van der Waals surface area contributed by atoms with Gasteiger partial charge in [-0.25, -0.2) is 0 Å². The number of piperazine rings is 1. The molecular weight excluding hydrogens is 438 g/mol. The van der Waals surface area contributed by atoms with Gasteiger partial charge in [-0.3, -0.25) is 19.2 Å². The van der Waals surface area contributed by atoms with Crippen LogP contribution in [0.3, 0.4) is 0 Å². The number of ether oxygens (including phenoxy) is 1. The van der Waals surface area contributed by atoms with Crippen molar-refractivity contribution >= 4 is 23.7 Å². The molecule has 0 spiro atoms. The minimum atomic E-state index is -1.06. The van der Waals surface area contributed by atoms with E-state index < -0.39 is 17.3 Å². The van der Waals surface area contributed by atoms with Crippen molar-refractivity contribution in [3.05, 3.63) is 35.4 Å².